The lowest BCUT2D eigenvalue weighted by atomic mass is 10.1. The number of nitro groups is 1. The fourth-order valence-electron chi connectivity index (χ4n) is 2.73. The summed E-state index contributed by atoms with van der Waals surface area (Å²) in [4.78, 5) is 41.7. The van der Waals surface area contributed by atoms with E-state index in [2.05, 4.69) is 20.9 Å². The summed E-state index contributed by atoms with van der Waals surface area (Å²) in [5.74, 6) is -1.24. The SMILES string of the molecule is Cc1c(Br)cnc(N2CCN(C(=O)OC(C)(C)C)CC2C(=O)O)c1[N+](=O)[O-]. The molecule has 1 aromatic heterocycles. The highest BCUT2D eigenvalue weighted by Gasteiger charge is 2.39. The van der Waals surface area contributed by atoms with E-state index in [0.29, 0.717) is 10.0 Å². The minimum Gasteiger partial charge on any atom is -0.480 e. The van der Waals surface area contributed by atoms with Gasteiger partial charge in [0.15, 0.2) is 0 Å². The summed E-state index contributed by atoms with van der Waals surface area (Å²) in [5, 5.41) is 21.2. The quantitative estimate of drug-likeness (QED) is 0.556. The van der Waals surface area contributed by atoms with Crippen LogP contribution < -0.4 is 4.90 Å². The van der Waals surface area contributed by atoms with E-state index in [4.69, 9.17) is 4.74 Å². The Morgan fingerprint density at radius 1 is 1.41 bits per heavy atom. The Morgan fingerprint density at radius 3 is 2.56 bits per heavy atom. The molecule has 2 heterocycles. The van der Waals surface area contributed by atoms with Crippen LogP contribution in [0.5, 0.6) is 0 Å². The predicted molar refractivity (Wildman–Crippen MR) is 99.9 cm³/mol. The number of ether oxygens (including phenoxy) is 1. The number of anilines is 1. The highest BCUT2D eigenvalue weighted by Crippen LogP contribution is 2.35. The number of carbonyl (C=O) groups is 2. The maximum absolute atomic E-state index is 12.3. The number of amides is 1. The van der Waals surface area contributed by atoms with Crippen LogP contribution in [-0.4, -0.2) is 63.3 Å². The van der Waals surface area contributed by atoms with Gasteiger partial charge in [-0.05, 0) is 43.6 Å². The first-order valence-electron chi connectivity index (χ1n) is 8.19. The number of carboxylic acid groups (broad SMARTS) is 1. The first kappa shape index (κ1) is 20.9. The van der Waals surface area contributed by atoms with Crippen molar-refractivity contribution in [3.63, 3.8) is 0 Å². The van der Waals surface area contributed by atoms with Crippen molar-refractivity contribution in [3.05, 3.63) is 26.3 Å². The van der Waals surface area contributed by atoms with Crippen molar-refractivity contribution >= 4 is 39.5 Å². The summed E-state index contributed by atoms with van der Waals surface area (Å²) < 4.78 is 5.74. The van der Waals surface area contributed by atoms with Crippen LogP contribution in [0.15, 0.2) is 10.7 Å². The molecule has 0 aliphatic carbocycles. The zero-order valence-corrected chi connectivity index (χ0v) is 17.0. The number of aromatic nitrogens is 1. The van der Waals surface area contributed by atoms with Crippen LogP contribution >= 0.6 is 15.9 Å². The third kappa shape index (κ3) is 4.65. The number of nitrogens with zero attached hydrogens (tertiary/aromatic N) is 4. The monoisotopic (exact) mass is 444 g/mol. The molecule has 0 spiro atoms. The average molecular weight is 445 g/mol. The molecule has 2 rings (SSSR count). The zero-order valence-electron chi connectivity index (χ0n) is 15.4. The molecule has 1 N–H and O–H groups in total. The Bertz CT molecular complexity index is 779. The molecule has 148 valence electrons. The zero-order chi connectivity index (χ0) is 20.5. The molecule has 1 fully saturated rings. The average Bonchev–Trinajstić information content (AvgIpc) is 2.54. The first-order valence-corrected chi connectivity index (χ1v) is 8.98. The molecular weight excluding hydrogens is 424 g/mol. The molecule has 1 saturated heterocycles. The summed E-state index contributed by atoms with van der Waals surface area (Å²) >= 11 is 3.20. The van der Waals surface area contributed by atoms with Crippen LogP contribution in [-0.2, 0) is 9.53 Å². The van der Waals surface area contributed by atoms with E-state index in [1.165, 1.54) is 16.0 Å². The lowest BCUT2D eigenvalue weighted by Gasteiger charge is -2.40. The molecule has 0 saturated carbocycles. The van der Waals surface area contributed by atoms with Crippen LogP contribution in [0.2, 0.25) is 0 Å². The Morgan fingerprint density at radius 2 is 2.04 bits per heavy atom. The Hall–Kier alpha value is -2.43. The number of rotatable bonds is 3. The molecule has 0 aromatic carbocycles. The summed E-state index contributed by atoms with van der Waals surface area (Å²) in [6.07, 6.45) is 0.777. The van der Waals surface area contributed by atoms with Gasteiger partial charge in [-0.2, -0.15) is 0 Å². The van der Waals surface area contributed by atoms with Gasteiger partial charge in [-0.3, -0.25) is 10.1 Å². The normalized spacial score (nSPS) is 17.6. The summed E-state index contributed by atoms with van der Waals surface area (Å²) in [5.41, 5.74) is -0.624. The van der Waals surface area contributed by atoms with Gasteiger partial charge in [0.25, 0.3) is 0 Å². The van der Waals surface area contributed by atoms with Gasteiger partial charge in [0.2, 0.25) is 5.82 Å². The van der Waals surface area contributed by atoms with E-state index in [1.54, 1.807) is 27.7 Å². The number of hydrogen-bond acceptors (Lipinski definition) is 7. The molecule has 27 heavy (non-hydrogen) atoms. The number of carboxylic acids is 1. The van der Waals surface area contributed by atoms with E-state index in [9.17, 15) is 24.8 Å². The van der Waals surface area contributed by atoms with Crippen molar-refractivity contribution in [2.75, 3.05) is 24.5 Å². The number of aliphatic carboxylic acids is 1. The van der Waals surface area contributed by atoms with Gasteiger partial charge < -0.3 is 19.6 Å². The summed E-state index contributed by atoms with van der Waals surface area (Å²) in [6, 6.07) is -1.18. The largest absolute Gasteiger partial charge is 0.480 e. The van der Waals surface area contributed by atoms with Crippen LogP contribution in [0, 0.1) is 17.0 Å². The minimum absolute atomic E-state index is 0.0306. The van der Waals surface area contributed by atoms with E-state index in [1.807, 2.05) is 0 Å². The Kier molecular flexibility index (Phi) is 5.93. The predicted octanol–water partition coefficient (Wildman–Crippen LogP) is 2.57. The molecule has 1 aliphatic heterocycles. The van der Waals surface area contributed by atoms with Gasteiger partial charge in [0, 0.05) is 29.3 Å². The van der Waals surface area contributed by atoms with Gasteiger partial charge in [0.1, 0.15) is 11.6 Å². The molecule has 1 atom stereocenters. The van der Waals surface area contributed by atoms with Crippen LogP contribution in [0.1, 0.15) is 26.3 Å². The number of piperazine rings is 1. The number of hydrogen-bond donors (Lipinski definition) is 1. The lowest BCUT2D eigenvalue weighted by Crippen LogP contribution is -2.58. The summed E-state index contributed by atoms with van der Waals surface area (Å²) in [6.45, 7) is 6.77. The molecule has 1 aromatic rings. The van der Waals surface area contributed by atoms with E-state index < -0.39 is 28.6 Å². The molecule has 1 aliphatic rings. The maximum Gasteiger partial charge on any atom is 0.410 e. The lowest BCUT2D eigenvalue weighted by molar-refractivity contribution is -0.385. The second kappa shape index (κ2) is 7.67. The van der Waals surface area contributed by atoms with Gasteiger partial charge in [-0.25, -0.2) is 14.6 Å². The van der Waals surface area contributed by atoms with Crippen LogP contribution in [0.3, 0.4) is 0 Å². The van der Waals surface area contributed by atoms with Gasteiger partial charge in [0.05, 0.1) is 11.5 Å². The Balaban J connectivity index is 2.35. The van der Waals surface area contributed by atoms with Crippen LogP contribution in [0.4, 0.5) is 16.3 Å². The van der Waals surface area contributed by atoms with Gasteiger partial charge in [-0.1, -0.05) is 0 Å². The molecule has 0 radical (unpaired) electrons. The molecule has 10 nitrogen and oxygen atoms in total. The van der Waals surface area contributed by atoms with Crippen molar-refractivity contribution in [1.82, 2.24) is 9.88 Å². The Labute approximate surface area is 164 Å². The smallest absolute Gasteiger partial charge is 0.410 e. The summed E-state index contributed by atoms with van der Waals surface area (Å²) in [7, 11) is 0. The maximum atomic E-state index is 12.3. The topological polar surface area (TPSA) is 126 Å². The third-order valence-electron chi connectivity index (χ3n) is 4.00. The van der Waals surface area contributed by atoms with Crippen molar-refractivity contribution < 1.29 is 24.4 Å². The molecular formula is C16H21BrN4O6. The van der Waals surface area contributed by atoms with Crippen molar-refractivity contribution in [2.24, 2.45) is 0 Å². The van der Waals surface area contributed by atoms with Crippen molar-refractivity contribution in [1.29, 1.82) is 0 Å². The van der Waals surface area contributed by atoms with Crippen molar-refractivity contribution in [3.8, 4) is 0 Å². The van der Waals surface area contributed by atoms with Crippen LogP contribution in [0.25, 0.3) is 0 Å². The number of halogens is 1. The highest BCUT2D eigenvalue weighted by molar-refractivity contribution is 9.10. The first-order chi connectivity index (χ1) is 12.4. The van der Waals surface area contributed by atoms with Crippen molar-refractivity contribution in [2.45, 2.75) is 39.3 Å². The standard InChI is InChI=1S/C16H21BrN4O6/c1-9-10(17)7-18-13(12(9)21(25)26)20-6-5-19(8-11(20)14(22)23)15(24)27-16(2,3)4/h7,11H,5-6,8H2,1-4H3,(H,22,23). The highest BCUT2D eigenvalue weighted by atomic mass is 79.9. The second-order valence-corrected chi connectivity index (χ2v) is 7.99. The molecule has 1 unspecified atom stereocenters. The van der Waals surface area contributed by atoms with Gasteiger partial charge in [-0.15, -0.1) is 0 Å². The molecule has 11 heteroatoms. The second-order valence-electron chi connectivity index (χ2n) is 7.13. The van der Waals surface area contributed by atoms with E-state index >= 15 is 0 Å². The fourth-order valence-corrected chi connectivity index (χ4v) is 3.02. The number of carbonyl (C=O) groups excluding carboxylic acids is 1. The third-order valence-corrected chi connectivity index (χ3v) is 4.80. The number of pyridine rings is 1. The molecule has 0 bridgehead atoms. The van der Waals surface area contributed by atoms with Gasteiger partial charge >= 0.3 is 17.7 Å². The minimum atomic E-state index is -1.21. The molecule has 1 amide bonds. The van der Waals surface area contributed by atoms with E-state index in [0.717, 1.165) is 0 Å². The van der Waals surface area contributed by atoms with E-state index in [-0.39, 0.29) is 31.1 Å². The fraction of sp³-hybridized carbons (Fsp3) is 0.562.